The van der Waals surface area contributed by atoms with E-state index in [2.05, 4.69) is 16.0 Å². The first-order valence-electron chi connectivity index (χ1n) is 11.1. The molecule has 0 atom stereocenters. The van der Waals surface area contributed by atoms with Gasteiger partial charge in [-0.05, 0) is 49.4 Å². The van der Waals surface area contributed by atoms with Gasteiger partial charge >= 0.3 is 24.3 Å². The van der Waals surface area contributed by atoms with Crippen molar-refractivity contribution in [3.05, 3.63) is 30.1 Å². The topological polar surface area (TPSA) is 120 Å². The van der Waals surface area contributed by atoms with Gasteiger partial charge in [-0.3, -0.25) is 14.7 Å². The Morgan fingerprint density at radius 2 is 1.59 bits per heavy atom. The Balaban J connectivity index is 0.000000404. The Bertz CT molecular complexity index is 850. The maximum Gasteiger partial charge on any atom is 0.490 e. The van der Waals surface area contributed by atoms with Gasteiger partial charge in [0, 0.05) is 45.6 Å². The van der Waals surface area contributed by atoms with Crippen molar-refractivity contribution < 1.29 is 55.7 Å². The first-order valence-corrected chi connectivity index (χ1v) is 11.1. The number of aromatic nitrogens is 1. The van der Waals surface area contributed by atoms with E-state index in [0.717, 1.165) is 39.1 Å². The number of methoxy groups -OCH3 is 1. The van der Waals surface area contributed by atoms with Crippen LogP contribution in [0, 0.1) is 5.41 Å². The van der Waals surface area contributed by atoms with Crippen LogP contribution in [0.2, 0.25) is 0 Å². The molecular formula is C22H29F6N3O6. The second-order valence-electron chi connectivity index (χ2n) is 8.55. The number of hydrogen-bond acceptors (Lipinski definition) is 6. The summed E-state index contributed by atoms with van der Waals surface area (Å²) in [5, 5.41) is 14.2. The lowest BCUT2D eigenvalue weighted by atomic mass is 9.72. The third-order valence-corrected chi connectivity index (χ3v) is 5.84. The van der Waals surface area contributed by atoms with E-state index in [4.69, 9.17) is 24.5 Å². The predicted molar refractivity (Wildman–Crippen MR) is 116 cm³/mol. The number of likely N-dealkylation sites (tertiary alicyclic amines) is 2. The Hall–Kier alpha value is -2.94. The van der Waals surface area contributed by atoms with Crippen molar-refractivity contribution in [2.45, 2.75) is 44.6 Å². The SMILES string of the molecule is COCCN1CC2(CCC1=O)CCN(Cc1cccnc1)CC2.O=C(O)C(F)(F)F.O=C(O)C(F)(F)F. The molecular weight excluding hydrogens is 516 g/mol. The van der Waals surface area contributed by atoms with Gasteiger partial charge in [-0.15, -0.1) is 0 Å². The summed E-state index contributed by atoms with van der Waals surface area (Å²) in [6.07, 6.45) is -2.27. The van der Waals surface area contributed by atoms with Crippen LogP contribution in [0.25, 0.3) is 0 Å². The van der Waals surface area contributed by atoms with Gasteiger partial charge in [-0.25, -0.2) is 9.59 Å². The van der Waals surface area contributed by atoms with Gasteiger partial charge in [0.05, 0.1) is 6.61 Å². The minimum absolute atomic E-state index is 0.297. The monoisotopic (exact) mass is 545 g/mol. The van der Waals surface area contributed by atoms with Gasteiger partial charge in [0.2, 0.25) is 5.91 Å². The van der Waals surface area contributed by atoms with E-state index in [0.29, 0.717) is 24.3 Å². The first-order chi connectivity index (χ1) is 17.1. The Kier molecular flexibility index (Phi) is 12.2. The molecule has 9 nitrogen and oxygen atoms in total. The summed E-state index contributed by atoms with van der Waals surface area (Å²) >= 11 is 0. The number of piperidine rings is 2. The Morgan fingerprint density at radius 3 is 2.03 bits per heavy atom. The second-order valence-corrected chi connectivity index (χ2v) is 8.55. The van der Waals surface area contributed by atoms with Crippen LogP contribution in [-0.2, 0) is 25.7 Å². The average molecular weight is 545 g/mol. The van der Waals surface area contributed by atoms with Crippen LogP contribution in [0.5, 0.6) is 0 Å². The van der Waals surface area contributed by atoms with E-state index in [1.165, 1.54) is 18.4 Å². The molecule has 0 aliphatic carbocycles. The van der Waals surface area contributed by atoms with Crippen LogP contribution in [0.4, 0.5) is 26.3 Å². The number of carbonyl (C=O) groups excluding carboxylic acids is 1. The van der Waals surface area contributed by atoms with Crippen molar-refractivity contribution in [1.82, 2.24) is 14.8 Å². The predicted octanol–water partition coefficient (Wildman–Crippen LogP) is 3.20. The minimum Gasteiger partial charge on any atom is -0.475 e. The molecule has 3 rings (SSSR count). The van der Waals surface area contributed by atoms with E-state index in [1.54, 1.807) is 7.11 Å². The van der Waals surface area contributed by atoms with E-state index in [9.17, 15) is 31.1 Å². The van der Waals surface area contributed by atoms with E-state index >= 15 is 0 Å². The minimum atomic E-state index is -5.08. The van der Waals surface area contributed by atoms with Gasteiger partial charge in [0.15, 0.2) is 0 Å². The quantitative estimate of drug-likeness (QED) is 0.542. The maximum absolute atomic E-state index is 12.1. The molecule has 2 fully saturated rings. The van der Waals surface area contributed by atoms with Crippen LogP contribution in [-0.4, -0.2) is 95.1 Å². The fraction of sp³-hybridized carbons (Fsp3) is 0.636. The average Bonchev–Trinajstić information content (AvgIpc) is 2.82. The van der Waals surface area contributed by atoms with Crippen LogP contribution in [0.15, 0.2) is 24.5 Å². The number of hydrogen-bond donors (Lipinski definition) is 2. The third kappa shape index (κ3) is 11.8. The maximum atomic E-state index is 12.1. The van der Waals surface area contributed by atoms with Crippen LogP contribution in [0.3, 0.4) is 0 Å². The zero-order valence-corrected chi connectivity index (χ0v) is 20.0. The molecule has 2 aliphatic heterocycles. The van der Waals surface area contributed by atoms with Gasteiger partial charge in [0.25, 0.3) is 0 Å². The lowest BCUT2D eigenvalue weighted by molar-refractivity contribution is -0.193. The molecule has 2 saturated heterocycles. The number of pyridine rings is 1. The Morgan fingerprint density at radius 1 is 1.05 bits per heavy atom. The van der Waals surface area contributed by atoms with Gasteiger partial charge in [-0.2, -0.15) is 26.3 Å². The number of halogens is 6. The molecule has 1 spiro atoms. The summed E-state index contributed by atoms with van der Waals surface area (Å²) in [6.45, 7) is 5.49. The highest BCUT2D eigenvalue weighted by Crippen LogP contribution is 2.40. The lowest BCUT2D eigenvalue weighted by Crippen LogP contribution is -2.52. The zero-order chi connectivity index (χ0) is 28.3. The molecule has 3 heterocycles. The molecule has 0 radical (unpaired) electrons. The summed E-state index contributed by atoms with van der Waals surface area (Å²) in [7, 11) is 1.70. The molecule has 2 N–H and O–H groups in total. The number of ether oxygens (including phenoxy) is 1. The summed E-state index contributed by atoms with van der Waals surface area (Å²) in [6, 6.07) is 4.14. The molecule has 0 saturated carbocycles. The second kappa shape index (κ2) is 14.1. The zero-order valence-electron chi connectivity index (χ0n) is 20.0. The highest BCUT2D eigenvalue weighted by molar-refractivity contribution is 5.77. The molecule has 0 aromatic carbocycles. The van der Waals surface area contributed by atoms with Gasteiger partial charge in [-0.1, -0.05) is 6.07 Å². The van der Waals surface area contributed by atoms with Gasteiger partial charge in [0.1, 0.15) is 0 Å². The Labute approximate surface area is 209 Å². The fourth-order valence-corrected chi connectivity index (χ4v) is 3.85. The number of nitrogens with zero attached hydrogens (tertiary/aromatic N) is 3. The number of aliphatic carboxylic acids is 2. The third-order valence-electron chi connectivity index (χ3n) is 5.84. The van der Waals surface area contributed by atoms with Crippen LogP contribution < -0.4 is 0 Å². The number of carboxylic acids is 2. The van der Waals surface area contributed by atoms with Crippen molar-refractivity contribution in [2.24, 2.45) is 5.41 Å². The van der Waals surface area contributed by atoms with Gasteiger partial charge < -0.3 is 19.8 Å². The molecule has 37 heavy (non-hydrogen) atoms. The largest absolute Gasteiger partial charge is 0.490 e. The van der Waals surface area contributed by atoms with Crippen molar-refractivity contribution in [2.75, 3.05) is 39.9 Å². The van der Waals surface area contributed by atoms with E-state index in [1.807, 2.05) is 23.4 Å². The molecule has 1 aromatic rings. The summed E-state index contributed by atoms with van der Waals surface area (Å²) in [5.41, 5.74) is 1.61. The summed E-state index contributed by atoms with van der Waals surface area (Å²) in [5.74, 6) is -5.22. The molecule has 210 valence electrons. The molecule has 0 bridgehead atoms. The molecule has 2 aliphatic rings. The summed E-state index contributed by atoms with van der Waals surface area (Å²) < 4.78 is 68.6. The van der Waals surface area contributed by atoms with E-state index < -0.39 is 24.3 Å². The van der Waals surface area contributed by atoms with Crippen molar-refractivity contribution >= 4 is 17.8 Å². The number of alkyl halides is 6. The smallest absolute Gasteiger partial charge is 0.475 e. The van der Waals surface area contributed by atoms with Crippen LogP contribution in [0.1, 0.15) is 31.2 Å². The molecule has 1 aromatic heterocycles. The molecule has 1 amide bonds. The number of carbonyl (C=O) groups is 3. The molecule has 15 heteroatoms. The number of rotatable bonds is 5. The summed E-state index contributed by atoms with van der Waals surface area (Å²) in [4.78, 5) is 38.6. The van der Waals surface area contributed by atoms with Crippen molar-refractivity contribution in [3.8, 4) is 0 Å². The van der Waals surface area contributed by atoms with Crippen molar-refractivity contribution in [3.63, 3.8) is 0 Å². The van der Waals surface area contributed by atoms with Crippen LogP contribution >= 0.6 is 0 Å². The molecule has 0 unspecified atom stereocenters. The highest BCUT2D eigenvalue weighted by atomic mass is 19.4. The van der Waals surface area contributed by atoms with E-state index in [-0.39, 0.29) is 0 Å². The first kappa shape index (κ1) is 32.1. The number of amides is 1. The normalized spacial score (nSPS) is 17.8. The van der Waals surface area contributed by atoms with Crippen molar-refractivity contribution in [1.29, 1.82) is 0 Å². The number of carboxylic acid groups (broad SMARTS) is 2. The highest BCUT2D eigenvalue weighted by Gasteiger charge is 2.41. The fourth-order valence-electron chi connectivity index (χ4n) is 3.85. The lowest BCUT2D eigenvalue weighted by Gasteiger charge is -2.47. The standard InChI is InChI=1S/C18H27N3O2.2C2HF3O2/c1-23-12-11-21-15-18(5-4-17(21)22)6-9-20(10-7-18)14-16-3-2-8-19-13-16;2*3-2(4,5)1(6)7/h2-3,8,13H,4-7,9-12,14-15H2,1H3;2*(H,6,7).